The fourth-order valence-electron chi connectivity index (χ4n) is 3.19. The molecule has 0 bridgehead atoms. The average molecular weight is 356 g/mol. The maximum Gasteiger partial charge on any atom is 0.354 e. The molecule has 1 N–H and O–H groups in total. The summed E-state index contributed by atoms with van der Waals surface area (Å²) in [6.45, 7) is 8.49. The minimum Gasteiger partial charge on any atom is -0.477 e. The van der Waals surface area contributed by atoms with Crippen LogP contribution < -0.4 is 0 Å². The number of aromatic carboxylic acids is 1. The number of rotatable bonds is 6. The molecule has 0 saturated carbocycles. The van der Waals surface area contributed by atoms with Gasteiger partial charge in [-0.15, -0.1) is 11.3 Å². The van der Waals surface area contributed by atoms with Crippen LogP contribution in [-0.2, 0) is 12.8 Å². The molecule has 2 aromatic heterocycles. The van der Waals surface area contributed by atoms with Gasteiger partial charge in [-0.25, -0.2) is 9.78 Å². The molecule has 0 radical (unpaired) electrons. The summed E-state index contributed by atoms with van der Waals surface area (Å²) in [5.74, 6) is -0.433. The molecule has 0 atom stereocenters. The molecular formula is C20H24N2O2S. The van der Waals surface area contributed by atoms with Gasteiger partial charge in [0.25, 0.3) is 0 Å². The molecular weight excluding hydrogens is 332 g/mol. The lowest BCUT2D eigenvalue weighted by Gasteiger charge is -2.09. The average Bonchev–Trinajstić information content (AvgIpc) is 3.09. The Hall–Kier alpha value is -2.14. The lowest BCUT2D eigenvalue weighted by molar-refractivity contribution is 0.0688. The molecule has 1 aromatic carbocycles. The van der Waals surface area contributed by atoms with Crippen LogP contribution in [0.5, 0.6) is 0 Å². The van der Waals surface area contributed by atoms with Gasteiger partial charge in [-0.3, -0.25) is 4.40 Å². The highest BCUT2D eigenvalue weighted by atomic mass is 32.1. The van der Waals surface area contributed by atoms with Crippen LogP contribution in [0.15, 0.2) is 24.3 Å². The molecule has 132 valence electrons. The molecule has 25 heavy (non-hydrogen) atoms. The van der Waals surface area contributed by atoms with E-state index >= 15 is 0 Å². The molecule has 0 amide bonds. The zero-order valence-electron chi connectivity index (χ0n) is 15.2. The Morgan fingerprint density at radius 2 is 1.92 bits per heavy atom. The van der Waals surface area contributed by atoms with E-state index in [-0.39, 0.29) is 0 Å². The Morgan fingerprint density at radius 1 is 1.24 bits per heavy atom. The Bertz CT molecular complexity index is 904. The van der Waals surface area contributed by atoms with Crippen molar-refractivity contribution in [2.24, 2.45) is 0 Å². The summed E-state index contributed by atoms with van der Waals surface area (Å²) in [5.41, 5.74) is 4.31. The molecule has 0 unspecified atom stereocenters. The van der Waals surface area contributed by atoms with Gasteiger partial charge < -0.3 is 5.11 Å². The molecule has 4 nitrogen and oxygen atoms in total. The van der Waals surface area contributed by atoms with Crippen LogP contribution in [0.4, 0.5) is 0 Å². The van der Waals surface area contributed by atoms with Crippen molar-refractivity contribution in [1.29, 1.82) is 0 Å². The predicted octanol–water partition coefficient (Wildman–Crippen LogP) is 5.40. The van der Waals surface area contributed by atoms with Gasteiger partial charge >= 0.3 is 5.97 Å². The van der Waals surface area contributed by atoms with Crippen LogP contribution in [0.1, 0.15) is 66.7 Å². The largest absolute Gasteiger partial charge is 0.477 e. The van der Waals surface area contributed by atoms with E-state index in [1.165, 1.54) is 10.4 Å². The van der Waals surface area contributed by atoms with Crippen molar-refractivity contribution >= 4 is 22.3 Å². The van der Waals surface area contributed by atoms with Crippen molar-refractivity contribution in [2.75, 3.05) is 0 Å². The first-order valence-corrected chi connectivity index (χ1v) is 9.66. The lowest BCUT2D eigenvalue weighted by Crippen LogP contribution is -2.06. The maximum atomic E-state index is 11.9. The number of carboxylic acids is 1. The van der Waals surface area contributed by atoms with Gasteiger partial charge in [0.1, 0.15) is 0 Å². The van der Waals surface area contributed by atoms with Gasteiger partial charge in [-0.05, 0) is 29.9 Å². The number of imidazole rings is 1. The Labute approximate surface area is 152 Å². The van der Waals surface area contributed by atoms with Gasteiger partial charge in [0.15, 0.2) is 10.7 Å². The van der Waals surface area contributed by atoms with Gasteiger partial charge in [-0.2, -0.15) is 0 Å². The maximum absolute atomic E-state index is 11.9. The first-order valence-electron chi connectivity index (χ1n) is 8.84. The van der Waals surface area contributed by atoms with Gasteiger partial charge in [0.05, 0.1) is 11.4 Å². The molecule has 0 spiro atoms. The van der Waals surface area contributed by atoms with E-state index in [9.17, 15) is 9.90 Å². The number of nitrogens with zero attached hydrogens (tertiary/aromatic N) is 2. The minimum atomic E-state index is -0.906. The molecule has 5 heteroatoms. The van der Waals surface area contributed by atoms with E-state index in [0.717, 1.165) is 29.1 Å². The van der Waals surface area contributed by atoms with E-state index in [1.54, 1.807) is 11.3 Å². The molecule has 0 aliphatic carbocycles. The highest BCUT2D eigenvalue weighted by Gasteiger charge is 2.24. The van der Waals surface area contributed by atoms with Gasteiger partial charge in [0, 0.05) is 4.88 Å². The van der Waals surface area contributed by atoms with Crippen molar-refractivity contribution in [3.05, 3.63) is 46.1 Å². The van der Waals surface area contributed by atoms with E-state index in [4.69, 9.17) is 0 Å². The zero-order chi connectivity index (χ0) is 18.1. The molecule has 3 rings (SSSR count). The highest BCUT2D eigenvalue weighted by Crippen LogP contribution is 2.35. The molecule has 3 aromatic rings. The van der Waals surface area contributed by atoms with Crippen LogP contribution in [0.25, 0.3) is 16.2 Å². The summed E-state index contributed by atoms with van der Waals surface area (Å²) >= 11 is 1.60. The second-order valence-electron chi connectivity index (χ2n) is 6.58. The minimum absolute atomic E-state index is 0.315. The normalized spacial score (nSPS) is 11.6. The number of aryl methyl sites for hydroxylation is 2. The number of hydrogen-bond donors (Lipinski definition) is 1. The first-order chi connectivity index (χ1) is 12.0. The second-order valence-corrected chi connectivity index (χ2v) is 7.65. The smallest absolute Gasteiger partial charge is 0.354 e. The number of carbonyl (C=O) groups is 1. The summed E-state index contributed by atoms with van der Waals surface area (Å²) in [6, 6.07) is 8.46. The van der Waals surface area contributed by atoms with Crippen LogP contribution in [-0.4, -0.2) is 20.5 Å². The molecule has 0 aliphatic heterocycles. The van der Waals surface area contributed by atoms with Crippen molar-refractivity contribution in [3.8, 4) is 11.3 Å². The van der Waals surface area contributed by atoms with Gasteiger partial charge in [0.2, 0.25) is 0 Å². The van der Waals surface area contributed by atoms with E-state index in [0.29, 0.717) is 23.7 Å². The number of thiazole rings is 1. The molecule has 0 aliphatic rings. The van der Waals surface area contributed by atoms with E-state index in [2.05, 4.69) is 50.0 Å². The summed E-state index contributed by atoms with van der Waals surface area (Å²) in [6.07, 6.45) is 2.42. The monoisotopic (exact) mass is 356 g/mol. The van der Waals surface area contributed by atoms with Crippen molar-refractivity contribution in [1.82, 2.24) is 9.38 Å². The third-order valence-electron chi connectivity index (χ3n) is 4.48. The van der Waals surface area contributed by atoms with Crippen LogP contribution in [0.3, 0.4) is 0 Å². The lowest BCUT2D eigenvalue weighted by atomic mass is 10.0. The number of hydrogen-bond acceptors (Lipinski definition) is 3. The third kappa shape index (κ3) is 3.09. The number of aromatic nitrogens is 2. The van der Waals surface area contributed by atoms with Crippen molar-refractivity contribution < 1.29 is 9.90 Å². The van der Waals surface area contributed by atoms with E-state index in [1.807, 2.05) is 11.3 Å². The quantitative estimate of drug-likeness (QED) is 0.643. The first kappa shape index (κ1) is 17.7. The Kier molecular flexibility index (Phi) is 4.95. The Balaban J connectivity index is 2.26. The highest BCUT2D eigenvalue weighted by molar-refractivity contribution is 7.17. The molecule has 2 heterocycles. The summed E-state index contributed by atoms with van der Waals surface area (Å²) in [7, 11) is 0. The van der Waals surface area contributed by atoms with Crippen LogP contribution in [0, 0.1) is 0 Å². The number of carboxylic acid groups (broad SMARTS) is 1. The fourth-order valence-corrected chi connectivity index (χ4v) is 4.29. The second kappa shape index (κ2) is 7.00. The van der Waals surface area contributed by atoms with Crippen LogP contribution in [0.2, 0.25) is 0 Å². The van der Waals surface area contributed by atoms with Gasteiger partial charge in [-0.1, -0.05) is 58.4 Å². The standard InChI is InChI=1S/C20H24N2O2S/c1-5-7-15-18(19(23)24)22-17(16(6-2)25-20(22)21-15)14-10-8-13(9-11-14)12(3)4/h8-12H,5-7H2,1-4H3,(H,23,24). The van der Waals surface area contributed by atoms with E-state index < -0.39 is 5.97 Å². The Morgan fingerprint density at radius 3 is 2.44 bits per heavy atom. The summed E-state index contributed by atoms with van der Waals surface area (Å²) < 4.78 is 1.85. The van der Waals surface area contributed by atoms with Crippen molar-refractivity contribution in [3.63, 3.8) is 0 Å². The van der Waals surface area contributed by atoms with Crippen molar-refractivity contribution in [2.45, 2.75) is 52.9 Å². The van der Waals surface area contributed by atoms with Crippen LogP contribution >= 0.6 is 11.3 Å². The topological polar surface area (TPSA) is 54.6 Å². The summed E-state index contributed by atoms with van der Waals surface area (Å²) in [5, 5.41) is 9.79. The number of benzene rings is 1. The molecule has 0 fully saturated rings. The molecule has 0 saturated heterocycles. The third-order valence-corrected chi connectivity index (χ3v) is 5.67. The predicted molar refractivity (Wildman–Crippen MR) is 103 cm³/mol. The summed E-state index contributed by atoms with van der Waals surface area (Å²) in [4.78, 5) is 18.5. The number of fused-ring (bicyclic) bond motifs is 1. The SMILES string of the molecule is CCCc1nc2sc(CC)c(-c3ccc(C(C)C)cc3)n2c1C(=O)O. The zero-order valence-corrected chi connectivity index (χ0v) is 16.0. The fraction of sp³-hybridized carbons (Fsp3) is 0.400.